The summed E-state index contributed by atoms with van der Waals surface area (Å²) in [7, 11) is 0. The Balaban J connectivity index is 0.00000323. The molecule has 196 valence electrons. The number of halogens is 1. The summed E-state index contributed by atoms with van der Waals surface area (Å²) < 4.78 is 18.9. The van der Waals surface area contributed by atoms with Crippen molar-refractivity contribution in [1.82, 2.24) is 24.6 Å². The summed E-state index contributed by atoms with van der Waals surface area (Å²) in [6.45, 7) is 2.02. The topological polar surface area (TPSA) is 106 Å². The Bertz CT molecular complexity index is 1770. The number of aliphatic hydroxyl groups is 1. The van der Waals surface area contributed by atoms with Gasteiger partial charge in [-0.25, -0.2) is 28.8 Å². The predicted molar refractivity (Wildman–Crippen MR) is 144 cm³/mol. The first-order chi connectivity index (χ1) is 19.0. The summed E-state index contributed by atoms with van der Waals surface area (Å²) in [6, 6.07) is 21.5. The third kappa shape index (κ3) is 5.33. The number of aromatic nitrogens is 4. The van der Waals surface area contributed by atoms with Crippen LogP contribution in [-0.4, -0.2) is 36.5 Å². The molecule has 3 aromatic carbocycles. The number of benzene rings is 3. The van der Waals surface area contributed by atoms with Crippen molar-refractivity contribution < 1.29 is 65.7 Å². The summed E-state index contributed by atoms with van der Waals surface area (Å²) >= 11 is 0. The van der Waals surface area contributed by atoms with Crippen LogP contribution in [0.3, 0.4) is 0 Å². The average Bonchev–Trinajstić information content (AvgIpc) is 3.61. The van der Waals surface area contributed by atoms with Crippen molar-refractivity contribution >= 4 is 11.6 Å². The van der Waals surface area contributed by atoms with Gasteiger partial charge in [0.2, 0.25) is 5.78 Å². The average molecular weight is 564 g/mol. The second-order valence-electron chi connectivity index (χ2n) is 9.18. The number of hydrogen-bond acceptors (Lipinski definition) is 7. The summed E-state index contributed by atoms with van der Waals surface area (Å²) in [5, 5.41) is 14.0. The molecular formula is C29H25FKN6O3+. The number of aliphatic hydroxyl groups excluding tert-OH is 1. The first-order valence-electron chi connectivity index (χ1n) is 12.6. The van der Waals surface area contributed by atoms with Crippen LogP contribution in [0.2, 0.25) is 0 Å². The van der Waals surface area contributed by atoms with Crippen molar-refractivity contribution in [2.24, 2.45) is 4.99 Å². The third-order valence-corrected chi connectivity index (χ3v) is 6.71. The fourth-order valence-corrected chi connectivity index (χ4v) is 4.92. The molecule has 11 heteroatoms. The molecule has 0 radical (unpaired) electrons. The smallest absolute Gasteiger partial charge is 0.348 e. The molecule has 40 heavy (non-hydrogen) atoms. The number of amidine groups is 1. The molecule has 1 atom stereocenters. The van der Waals surface area contributed by atoms with Crippen LogP contribution in [0.1, 0.15) is 35.7 Å². The Kier molecular flexibility index (Phi) is 8.71. The molecule has 2 N–H and O–H groups in total. The van der Waals surface area contributed by atoms with Crippen LogP contribution >= 0.6 is 0 Å². The van der Waals surface area contributed by atoms with Gasteiger partial charge in [0.25, 0.3) is 12.0 Å². The van der Waals surface area contributed by atoms with Crippen molar-refractivity contribution in [3.8, 4) is 16.8 Å². The minimum atomic E-state index is -1.30. The molecule has 0 fully saturated rings. The van der Waals surface area contributed by atoms with Crippen molar-refractivity contribution in [2.75, 3.05) is 0 Å². The largest absolute Gasteiger partial charge is 1.00 e. The van der Waals surface area contributed by atoms with Crippen LogP contribution in [0, 0.1) is 5.82 Å². The van der Waals surface area contributed by atoms with Crippen LogP contribution in [-0.2, 0) is 17.7 Å². The molecule has 1 unspecified atom stereocenters. The van der Waals surface area contributed by atoms with E-state index in [2.05, 4.69) is 20.6 Å². The second-order valence-corrected chi connectivity index (χ2v) is 9.18. The van der Waals surface area contributed by atoms with Gasteiger partial charge in [-0.1, -0.05) is 67.9 Å². The quantitative estimate of drug-likeness (QED) is 0.284. The number of hydrogen-bond donors (Lipinski definition) is 2. The maximum Gasteiger partial charge on any atom is 1.00 e. The first-order valence-corrected chi connectivity index (χ1v) is 12.6. The van der Waals surface area contributed by atoms with Gasteiger partial charge in [0, 0.05) is 17.5 Å². The zero-order valence-electron chi connectivity index (χ0n) is 22.1. The Morgan fingerprint density at radius 1 is 1.05 bits per heavy atom. The first kappa shape index (κ1) is 28.5. The molecule has 0 saturated carbocycles. The van der Waals surface area contributed by atoms with Gasteiger partial charge in [-0.3, -0.25) is 4.79 Å². The molecule has 1 aliphatic rings. The maximum atomic E-state index is 15.7. The minimum absolute atomic E-state index is 0. The molecule has 6 rings (SSSR count). The molecule has 3 heterocycles. The summed E-state index contributed by atoms with van der Waals surface area (Å²) in [6.07, 6.45) is 1.60. The van der Waals surface area contributed by atoms with Gasteiger partial charge in [-0.15, -0.1) is 0 Å². The zero-order chi connectivity index (χ0) is 26.9. The summed E-state index contributed by atoms with van der Waals surface area (Å²) in [5.74, 6) is 0.337. The number of nitrogens with one attached hydrogen (secondary N) is 1. The number of nitrogens with zero attached hydrogens (tertiary/aromatic N) is 5. The van der Waals surface area contributed by atoms with Gasteiger partial charge in [-0.05, 0) is 41.3 Å². The van der Waals surface area contributed by atoms with E-state index in [0.717, 1.165) is 12.1 Å². The Labute approximate surface area is 271 Å². The fourth-order valence-electron chi connectivity index (χ4n) is 4.92. The molecule has 0 bridgehead atoms. The molecule has 9 nitrogen and oxygen atoms in total. The number of rotatable bonds is 7. The standard InChI is InChI=1S/C29H25FN6O3.K/c1-2-8-25-23(27(37)35(20-9-4-3-5-10-20)28-31-17-32-36(25)28)15-19-14-13-18(16-24(19)30)21-11-6-7-12-22(21)26-33-29(38)39-34-26;/h3-7,9-14,16-17,29,38H,2,8,15H2,1H3,(H,33,34);/q;+1. The van der Waals surface area contributed by atoms with E-state index in [4.69, 9.17) is 4.84 Å². The fraction of sp³-hybridized carbons (Fsp3) is 0.172. The normalized spacial score (nSPS) is 14.6. The van der Waals surface area contributed by atoms with E-state index in [1.165, 1.54) is 17.0 Å². The van der Waals surface area contributed by atoms with Gasteiger partial charge in [-0.2, -0.15) is 10.1 Å². The van der Waals surface area contributed by atoms with Crippen molar-refractivity contribution in [2.45, 2.75) is 32.6 Å². The van der Waals surface area contributed by atoms with Crippen LogP contribution < -0.4 is 62.4 Å². The van der Waals surface area contributed by atoms with E-state index >= 15 is 4.39 Å². The molecule has 5 aromatic rings. The van der Waals surface area contributed by atoms with Crippen LogP contribution in [0.5, 0.6) is 0 Å². The zero-order valence-corrected chi connectivity index (χ0v) is 25.2. The monoisotopic (exact) mass is 563 g/mol. The molecule has 1 aliphatic heterocycles. The summed E-state index contributed by atoms with van der Waals surface area (Å²) in [4.78, 5) is 27.2. The number of aliphatic imine (C=N–C) groups is 1. The van der Waals surface area contributed by atoms with Gasteiger partial charge >= 0.3 is 51.4 Å². The van der Waals surface area contributed by atoms with Crippen molar-refractivity contribution in [3.05, 3.63) is 118 Å². The van der Waals surface area contributed by atoms with Gasteiger partial charge in [0.15, 0.2) is 5.84 Å². The molecule has 2 aromatic heterocycles. The Hall–Kier alpha value is -3.03. The van der Waals surface area contributed by atoms with Crippen LogP contribution in [0.25, 0.3) is 22.6 Å². The van der Waals surface area contributed by atoms with Crippen molar-refractivity contribution in [3.63, 3.8) is 0 Å². The van der Waals surface area contributed by atoms with E-state index in [1.54, 1.807) is 10.6 Å². The SMILES string of the molecule is CCCc1c(Cc2ccc(-c3ccccc3C3=NC(O)ON3)cc2F)c(=O)n(-c2ccccc2)c2ncnn12.[K+]. The maximum absolute atomic E-state index is 15.7. The van der Waals surface area contributed by atoms with Crippen molar-refractivity contribution in [1.29, 1.82) is 0 Å². The number of fused-ring (bicyclic) bond motifs is 1. The summed E-state index contributed by atoms with van der Waals surface area (Å²) in [5.41, 5.74) is 6.60. The van der Waals surface area contributed by atoms with E-state index in [9.17, 15) is 9.90 Å². The second kappa shape index (κ2) is 12.2. The predicted octanol–water partition coefficient (Wildman–Crippen LogP) is 0.791. The number of hydroxylamine groups is 1. The number of para-hydroxylation sites is 1. The van der Waals surface area contributed by atoms with Crippen LogP contribution in [0.15, 0.2) is 88.9 Å². The molecule has 0 spiro atoms. The van der Waals surface area contributed by atoms with E-state index < -0.39 is 12.2 Å². The molecular weight excluding hydrogens is 538 g/mol. The van der Waals surface area contributed by atoms with E-state index in [1.807, 2.05) is 67.6 Å². The van der Waals surface area contributed by atoms with E-state index in [-0.39, 0.29) is 63.4 Å². The van der Waals surface area contributed by atoms with Crippen LogP contribution in [0.4, 0.5) is 4.39 Å². The van der Waals surface area contributed by atoms with Gasteiger partial charge in [0.05, 0.1) is 11.4 Å². The minimum Gasteiger partial charge on any atom is -0.348 e. The molecule has 0 saturated heterocycles. The Morgan fingerprint density at radius 2 is 1.80 bits per heavy atom. The van der Waals surface area contributed by atoms with E-state index in [0.29, 0.717) is 51.5 Å². The van der Waals surface area contributed by atoms with Gasteiger partial charge in [0.1, 0.15) is 12.1 Å². The molecule has 0 amide bonds. The Morgan fingerprint density at radius 3 is 2.50 bits per heavy atom. The third-order valence-electron chi connectivity index (χ3n) is 6.71. The molecule has 0 aliphatic carbocycles. The number of aryl methyl sites for hydroxylation is 1. The van der Waals surface area contributed by atoms with Gasteiger partial charge < -0.3 is 5.11 Å².